The molecule has 0 aromatic rings. The molecule has 3 heterocycles. The number of piperazine rings is 1. The number of carbonyl (C=O) groups is 3. The number of nitrogens with one attached hydrogen (secondary N) is 1. The van der Waals surface area contributed by atoms with Gasteiger partial charge in [0.05, 0.1) is 30.3 Å². The van der Waals surface area contributed by atoms with Crippen molar-refractivity contribution in [3.63, 3.8) is 0 Å². The quantitative estimate of drug-likeness (QED) is 0.103. The Bertz CT molecular complexity index is 1130. The summed E-state index contributed by atoms with van der Waals surface area (Å²) in [6, 6.07) is 0. The number of hydrogen-bond donors (Lipinski definition) is 3. The third-order valence-electron chi connectivity index (χ3n) is 9.09. The highest BCUT2D eigenvalue weighted by Crippen LogP contribution is 2.37. The highest BCUT2D eigenvalue weighted by molar-refractivity contribution is 5.71. The highest BCUT2D eigenvalue weighted by Gasteiger charge is 2.45. The van der Waals surface area contributed by atoms with E-state index in [-0.39, 0.29) is 37.4 Å². The van der Waals surface area contributed by atoms with Crippen molar-refractivity contribution in [2.24, 2.45) is 11.8 Å². The molecular formula is C35H56N2O9. The summed E-state index contributed by atoms with van der Waals surface area (Å²) >= 11 is 0. The normalized spacial score (nSPS) is 34.0. The van der Waals surface area contributed by atoms with Crippen molar-refractivity contribution in [3.8, 4) is 0 Å². The summed E-state index contributed by atoms with van der Waals surface area (Å²) < 4.78 is 23.4. The fourth-order valence-electron chi connectivity index (χ4n) is 6.33. The van der Waals surface area contributed by atoms with Crippen LogP contribution in [-0.2, 0) is 28.5 Å². The molecule has 0 aromatic carbocycles. The summed E-state index contributed by atoms with van der Waals surface area (Å²) in [5, 5.41) is 25.0. The Kier molecular flexibility index (Phi) is 13.9. The molecular weight excluding hydrogens is 592 g/mol. The SMILES string of the molecule is CCC[C@@H](C)[C@H]1O[C@@H]1CC(C)(O)/C=C/C=C(\C)[C@H]1OC(=O)C[C@H](O)CC[C@@](C)(OC(C)=O)[C@@H](OC(=O)N2CCNCC2)/C=C/[C@@H]1C. The zero-order chi connectivity index (χ0) is 34.1. The number of aliphatic hydroxyl groups excluding tert-OH is 1. The van der Waals surface area contributed by atoms with Crippen LogP contribution in [-0.4, -0.2) is 101 Å². The van der Waals surface area contributed by atoms with Gasteiger partial charge in [-0.1, -0.05) is 51.5 Å². The van der Waals surface area contributed by atoms with Crippen molar-refractivity contribution >= 4 is 18.0 Å². The van der Waals surface area contributed by atoms with Gasteiger partial charge in [0.1, 0.15) is 11.7 Å². The Morgan fingerprint density at radius 1 is 1.26 bits per heavy atom. The Balaban J connectivity index is 1.82. The predicted octanol–water partition coefficient (Wildman–Crippen LogP) is 4.21. The second-order valence-corrected chi connectivity index (χ2v) is 13.7. The van der Waals surface area contributed by atoms with Crippen molar-refractivity contribution in [1.29, 1.82) is 0 Å². The summed E-state index contributed by atoms with van der Waals surface area (Å²) in [6.45, 7) is 15.0. The van der Waals surface area contributed by atoms with Crippen LogP contribution in [0.25, 0.3) is 0 Å². The third kappa shape index (κ3) is 11.5. The van der Waals surface area contributed by atoms with Crippen molar-refractivity contribution in [2.75, 3.05) is 26.2 Å². The van der Waals surface area contributed by atoms with Gasteiger partial charge in [0.15, 0.2) is 6.10 Å². The zero-order valence-corrected chi connectivity index (χ0v) is 28.7. The molecule has 11 nitrogen and oxygen atoms in total. The highest BCUT2D eigenvalue weighted by atomic mass is 16.6. The molecule has 3 aliphatic rings. The van der Waals surface area contributed by atoms with E-state index in [9.17, 15) is 24.6 Å². The van der Waals surface area contributed by atoms with E-state index in [0.29, 0.717) is 38.5 Å². The van der Waals surface area contributed by atoms with Crippen LogP contribution in [0.3, 0.4) is 0 Å². The molecule has 0 bridgehead atoms. The number of carbonyl (C=O) groups excluding carboxylic acids is 3. The molecule has 1 amide bonds. The Morgan fingerprint density at radius 2 is 1.96 bits per heavy atom. The molecule has 260 valence electrons. The standard InChI is InChI=1S/C35H56N2O9/c1-8-10-23(2)32-28(43-32)22-34(6,42)15-9-11-24(3)31-25(4)12-13-29(44-33(41)37-19-17-36-18-20-37)35(7,46-26(5)38)16-14-27(39)21-30(40)45-31/h9,11-13,15,23,25,27-29,31-32,36,39,42H,8,10,14,16-22H2,1-7H3/b13-12+,15-9+,24-11+/t23-,25+,27-,28-,29+,31-,32-,34?,35-/m1/s1. The molecule has 3 rings (SSSR count). The molecule has 3 N–H and O–H groups in total. The lowest BCUT2D eigenvalue weighted by molar-refractivity contribution is -0.168. The van der Waals surface area contributed by atoms with E-state index < -0.39 is 47.5 Å². The van der Waals surface area contributed by atoms with Crippen LogP contribution < -0.4 is 5.32 Å². The number of aliphatic hydroxyl groups is 2. The topological polar surface area (TPSA) is 147 Å². The van der Waals surface area contributed by atoms with Crippen molar-refractivity contribution < 1.29 is 43.5 Å². The number of esters is 2. The lowest BCUT2D eigenvalue weighted by Gasteiger charge is -2.37. The van der Waals surface area contributed by atoms with Crippen molar-refractivity contribution in [1.82, 2.24) is 10.2 Å². The lowest BCUT2D eigenvalue weighted by atomic mass is 9.88. The number of rotatable bonds is 10. The average molecular weight is 649 g/mol. The van der Waals surface area contributed by atoms with E-state index in [4.69, 9.17) is 18.9 Å². The molecule has 0 saturated carbocycles. The molecule has 2 fully saturated rings. The zero-order valence-electron chi connectivity index (χ0n) is 28.7. The van der Waals surface area contributed by atoms with E-state index in [0.717, 1.165) is 18.4 Å². The third-order valence-corrected chi connectivity index (χ3v) is 9.09. The monoisotopic (exact) mass is 648 g/mol. The average Bonchev–Trinajstić information content (AvgIpc) is 3.74. The van der Waals surface area contributed by atoms with Gasteiger partial charge in [0.25, 0.3) is 0 Å². The number of ether oxygens (including phenoxy) is 4. The van der Waals surface area contributed by atoms with Crippen LogP contribution in [0.5, 0.6) is 0 Å². The number of epoxide rings is 1. The second kappa shape index (κ2) is 16.9. The fraction of sp³-hybridized carbons (Fsp3) is 0.743. The number of nitrogens with zero attached hydrogens (tertiary/aromatic N) is 1. The molecule has 0 aromatic heterocycles. The maximum absolute atomic E-state index is 13.2. The molecule has 9 atom stereocenters. The van der Waals surface area contributed by atoms with Gasteiger partial charge in [-0.2, -0.15) is 0 Å². The number of allylic oxidation sites excluding steroid dienone is 2. The lowest BCUT2D eigenvalue weighted by Crippen LogP contribution is -2.51. The number of cyclic esters (lactones) is 1. The first-order valence-electron chi connectivity index (χ1n) is 16.8. The van der Waals surface area contributed by atoms with Gasteiger partial charge in [0.2, 0.25) is 0 Å². The second-order valence-electron chi connectivity index (χ2n) is 13.7. The van der Waals surface area contributed by atoms with Gasteiger partial charge in [-0.15, -0.1) is 0 Å². The van der Waals surface area contributed by atoms with Gasteiger partial charge >= 0.3 is 18.0 Å². The minimum atomic E-state index is -1.29. The summed E-state index contributed by atoms with van der Waals surface area (Å²) in [4.78, 5) is 39.9. The van der Waals surface area contributed by atoms with Crippen LogP contribution >= 0.6 is 0 Å². The van der Waals surface area contributed by atoms with Crippen molar-refractivity contribution in [2.45, 2.75) is 129 Å². The Morgan fingerprint density at radius 3 is 2.61 bits per heavy atom. The number of hydrogen-bond acceptors (Lipinski definition) is 10. The van der Waals surface area contributed by atoms with Gasteiger partial charge in [-0.25, -0.2) is 4.79 Å². The van der Waals surface area contributed by atoms with Gasteiger partial charge in [-0.05, 0) is 57.6 Å². The number of amides is 1. The molecule has 0 spiro atoms. The first-order chi connectivity index (χ1) is 21.6. The van der Waals surface area contributed by atoms with E-state index in [1.54, 1.807) is 49.1 Å². The van der Waals surface area contributed by atoms with Gasteiger partial charge < -0.3 is 39.4 Å². The van der Waals surface area contributed by atoms with Gasteiger partial charge in [-0.3, -0.25) is 9.59 Å². The molecule has 0 radical (unpaired) electrons. The van der Waals surface area contributed by atoms with E-state index in [2.05, 4.69) is 19.2 Å². The Hall–Kier alpha value is -2.73. The maximum Gasteiger partial charge on any atom is 0.410 e. The maximum atomic E-state index is 13.2. The summed E-state index contributed by atoms with van der Waals surface area (Å²) in [5.74, 6) is -1.03. The van der Waals surface area contributed by atoms with Crippen LogP contribution in [0.15, 0.2) is 36.0 Å². The van der Waals surface area contributed by atoms with E-state index in [1.165, 1.54) is 6.92 Å². The predicted molar refractivity (Wildman–Crippen MR) is 174 cm³/mol. The molecule has 0 aliphatic carbocycles. The Labute approximate surface area is 274 Å². The van der Waals surface area contributed by atoms with Crippen molar-refractivity contribution in [3.05, 3.63) is 36.0 Å². The summed E-state index contributed by atoms with van der Waals surface area (Å²) in [5.41, 5.74) is -1.65. The molecule has 1 unspecified atom stereocenters. The molecule has 2 saturated heterocycles. The first kappa shape index (κ1) is 37.7. The summed E-state index contributed by atoms with van der Waals surface area (Å²) in [7, 11) is 0. The summed E-state index contributed by atoms with van der Waals surface area (Å²) in [6.07, 6.45) is 8.41. The minimum absolute atomic E-state index is 0.0291. The van der Waals surface area contributed by atoms with Crippen LogP contribution in [0.1, 0.15) is 87.0 Å². The largest absolute Gasteiger partial charge is 0.457 e. The fourth-order valence-corrected chi connectivity index (χ4v) is 6.33. The van der Waals surface area contributed by atoms with Crippen LogP contribution in [0.4, 0.5) is 4.79 Å². The molecule has 3 aliphatic heterocycles. The first-order valence-corrected chi connectivity index (χ1v) is 16.8. The van der Waals surface area contributed by atoms with Crippen LogP contribution in [0.2, 0.25) is 0 Å². The van der Waals surface area contributed by atoms with Crippen LogP contribution in [0, 0.1) is 11.8 Å². The minimum Gasteiger partial charge on any atom is -0.457 e. The smallest absolute Gasteiger partial charge is 0.410 e. The molecule has 46 heavy (non-hydrogen) atoms. The van der Waals surface area contributed by atoms with E-state index >= 15 is 0 Å². The van der Waals surface area contributed by atoms with Gasteiger partial charge in [0, 0.05) is 45.4 Å². The molecule has 11 heteroatoms. The van der Waals surface area contributed by atoms with E-state index in [1.807, 2.05) is 13.8 Å².